The highest BCUT2D eigenvalue weighted by Gasteiger charge is 2.25. The molecule has 3 N–H and O–H groups in total. The van der Waals surface area contributed by atoms with Gasteiger partial charge in [0.1, 0.15) is 17.3 Å². The molecule has 34 heavy (non-hydrogen) atoms. The highest BCUT2D eigenvalue weighted by molar-refractivity contribution is 7.81. The summed E-state index contributed by atoms with van der Waals surface area (Å²) in [5.74, 6) is 0.504. The zero-order chi connectivity index (χ0) is 24.1. The zero-order valence-electron chi connectivity index (χ0n) is 18.9. The molecule has 2 aromatic rings. The highest BCUT2D eigenvalue weighted by Crippen LogP contribution is 2.30. The maximum Gasteiger partial charge on any atom is 0.256 e. The van der Waals surface area contributed by atoms with Crippen molar-refractivity contribution in [3.63, 3.8) is 0 Å². The quantitative estimate of drug-likeness (QED) is 0.451. The summed E-state index contributed by atoms with van der Waals surface area (Å²) in [4.78, 5) is 19.5. The first-order valence-corrected chi connectivity index (χ1v) is 12.4. The fraction of sp³-hybridized carbons (Fsp3) is 0.375. The Morgan fingerprint density at radius 1 is 1.35 bits per heavy atom. The molecular formula is C24H27Cl2N5O2S. The van der Waals surface area contributed by atoms with E-state index in [0.29, 0.717) is 53.5 Å². The van der Waals surface area contributed by atoms with Gasteiger partial charge in [0, 0.05) is 43.0 Å². The summed E-state index contributed by atoms with van der Waals surface area (Å²) < 4.78 is 6.13. The second-order valence-corrected chi connectivity index (χ2v) is 9.53. The lowest BCUT2D eigenvalue weighted by Crippen LogP contribution is -2.39. The Balaban J connectivity index is 1.48. The number of hydrogen-bond donors (Lipinski definition) is 3. The van der Waals surface area contributed by atoms with Gasteiger partial charge >= 0.3 is 0 Å². The lowest BCUT2D eigenvalue weighted by Gasteiger charge is -2.24. The molecule has 0 aliphatic carbocycles. The fourth-order valence-electron chi connectivity index (χ4n) is 4.12. The lowest BCUT2D eigenvalue weighted by molar-refractivity contribution is -0.117. The van der Waals surface area contributed by atoms with E-state index >= 15 is 0 Å². The zero-order valence-corrected chi connectivity index (χ0v) is 21.2. The van der Waals surface area contributed by atoms with Crippen LogP contribution in [-0.4, -0.2) is 53.6 Å². The van der Waals surface area contributed by atoms with Gasteiger partial charge in [0.25, 0.3) is 5.91 Å². The number of carbonyl (C=O) groups is 1. The van der Waals surface area contributed by atoms with E-state index in [1.54, 1.807) is 30.6 Å². The van der Waals surface area contributed by atoms with E-state index in [-0.39, 0.29) is 10.9 Å². The third-order valence-electron chi connectivity index (χ3n) is 6.08. The Morgan fingerprint density at radius 2 is 2.21 bits per heavy atom. The molecule has 4 rings (SSSR count). The summed E-state index contributed by atoms with van der Waals surface area (Å²) >= 11 is 18.0. The number of hydrogen-bond acceptors (Lipinski definition) is 6. The number of aromatic nitrogens is 1. The molecule has 1 aromatic carbocycles. The van der Waals surface area contributed by atoms with Gasteiger partial charge < -0.3 is 25.6 Å². The molecule has 3 heterocycles. The van der Waals surface area contributed by atoms with E-state index < -0.39 is 0 Å². The van der Waals surface area contributed by atoms with E-state index in [1.165, 1.54) is 6.42 Å². The van der Waals surface area contributed by atoms with Crippen LogP contribution in [0.3, 0.4) is 0 Å². The number of halogens is 2. The number of thiocarbonyl (C=S) groups is 1. The Kier molecular flexibility index (Phi) is 8.26. The summed E-state index contributed by atoms with van der Waals surface area (Å²) in [5, 5.41) is 10.1. The number of pyridine rings is 1. The molecule has 0 radical (unpaired) electrons. The van der Waals surface area contributed by atoms with Gasteiger partial charge in [0.05, 0.1) is 27.5 Å². The van der Waals surface area contributed by atoms with Crippen LogP contribution < -0.4 is 20.7 Å². The number of likely N-dealkylation sites (N-methyl/N-ethyl adjacent to an activating group) is 1. The minimum atomic E-state index is -0.236. The highest BCUT2D eigenvalue weighted by atomic mass is 35.5. The lowest BCUT2D eigenvalue weighted by atomic mass is 10.1. The first-order valence-electron chi connectivity index (χ1n) is 11.2. The molecule has 7 nitrogen and oxygen atoms in total. The van der Waals surface area contributed by atoms with Crippen LogP contribution in [0.4, 0.5) is 5.69 Å². The number of benzene rings is 1. The molecule has 1 saturated heterocycles. The normalized spacial score (nSPS) is 18.6. The Hall–Kier alpha value is -2.39. The van der Waals surface area contributed by atoms with Crippen LogP contribution in [0.25, 0.3) is 0 Å². The first kappa shape index (κ1) is 24.7. The SMILES string of the molecule is CN1CCCC1COc1cnccc1CNC1=C(C(=S)Nc2cccc(Cl)c2Cl)C(=O)NCC1. The standard InChI is InChI=1S/C24H27Cl2N5O2S/c1-31-11-3-4-16(31)14-33-20-13-27-9-7-15(20)12-29-18-8-10-28-23(32)21(18)24(34)30-19-6-2-5-17(25)22(19)26/h2,5-7,9,13,16,29H,3-4,8,10-12,14H2,1H3,(H,28,32)(H,30,34). The number of anilines is 1. The van der Waals surface area contributed by atoms with Crippen LogP contribution in [0.1, 0.15) is 24.8 Å². The Bertz CT molecular complexity index is 1110. The average Bonchev–Trinajstić information content (AvgIpc) is 3.24. The van der Waals surface area contributed by atoms with Crippen LogP contribution in [-0.2, 0) is 11.3 Å². The van der Waals surface area contributed by atoms with Gasteiger partial charge in [-0.2, -0.15) is 0 Å². The van der Waals surface area contributed by atoms with Gasteiger partial charge in [0.2, 0.25) is 0 Å². The van der Waals surface area contributed by atoms with Crippen LogP contribution in [0.5, 0.6) is 5.75 Å². The van der Waals surface area contributed by atoms with Crippen LogP contribution in [0, 0.1) is 0 Å². The van der Waals surface area contributed by atoms with Gasteiger partial charge in [0.15, 0.2) is 0 Å². The Labute approximate surface area is 214 Å². The van der Waals surface area contributed by atoms with Gasteiger partial charge in [-0.1, -0.05) is 41.5 Å². The molecule has 0 bridgehead atoms. The largest absolute Gasteiger partial charge is 0.490 e. The van der Waals surface area contributed by atoms with Gasteiger partial charge in [-0.3, -0.25) is 9.78 Å². The molecule has 1 atom stereocenters. The molecule has 1 unspecified atom stereocenters. The van der Waals surface area contributed by atoms with Crippen LogP contribution in [0.15, 0.2) is 47.9 Å². The maximum atomic E-state index is 12.7. The van der Waals surface area contributed by atoms with Crippen molar-refractivity contribution in [2.24, 2.45) is 0 Å². The summed E-state index contributed by atoms with van der Waals surface area (Å²) in [5.41, 5.74) is 2.66. The minimum absolute atomic E-state index is 0.236. The third-order valence-corrected chi connectivity index (χ3v) is 7.21. The Morgan fingerprint density at radius 3 is 3.00 bits per heavy atom. The molecule has 2 aliphatic heterocycles. The van der Waals surface area contributed by atoms with Crippen molar-refractivity contribution in [2.75, 3.05) is 32.1 Å². The number of nitrogens with zero attached hydrogens (tertiary/aromatic N) is 2. The van der Waals surface area contributed by atoms with Crippen molar-refractivity contribution in [3.8, 4) is 5.75 Å². The molecule has 0 saturated carbocycles. The number of rotatable bonds is 8. The molecule has 0 spiro atoms. The molecule has 180 valence electrons. The van der Waals surface area contributed by atoms with E-state index in [1.807, 2.05) is 6.07 Å². The van der Waals surface area contributed by atoms with E-state index in [0.717, 1.165) is 30.0 Å². The second kappa shape index (κ2) is 11.4. The van der Waals surface area contributed by atoms with E-state index in [9.17, 15) is 4.79 Å². The summed E-state index contributed by atoms with van der Waals surface area (Å²) in [6.45, 7) is 2.73. The van der Waals surface area contributed by atoms with Crippen molar-refractivity contribution in [3.05, 3.63) is 63.5 Å². The monoisotopic (exact) mass is 519 g/mol. The van der Waals surface area contributed by atoms with Crippen molar-refractivity contribution in [1.29, 1.82) is 0 Å². The van der Waals surface area contributed by atoms with Gasteiger partial charge in [-0.15, -0.1) is 0 Å². The second-order valence-electron chi connectivity index (χ2n) is 8.34. The van der Waals surface area contributed by atoms with E-state index in [2.05, 4.69) is 32.9 Å². The molecule has 1 fully saturated rings. The van der Waals surface area contributed by atoms with Crippen LogP contribution >= 0.6 is 35.4 Å². The van der Waals surface area contributed by atoms with Gasteiger partial charge in [-0.05, 0) is 44.6 Å². The third kappa shape index (κ3) is 5.81. The maximum absolute atomic E-state index is 12.7. The van der Waals surface area contributed by atoms with E-state index in [4.69, 9.17) is 40.2 Å². The van der Waals surface area contributed by atoms with Crippen molar-refractivity contribution in [1.82, 2.24) is 20.5 Å². The summed E-state index contributed by atoms with van der Waals surface area (Å²) in [6, 6.07) is 7.56. The molecule has 1 aromatic heterocycles. The summed E-state index contributed by atoms with van der Waals surface area (Å²) in [7, 11) is 2.13. The number of nitrogens with one attached hydrogen (secondary N) is 3. The number of ether oxygens (including phenoxy) is 1. The minimum Gasteiger partial charge on any atom is -0.490 e. The predicted octanol–water partition coefficient (Wildman–Crippen LogP) is 4.16. The van der Waals surface area contributed by atoms with Crippen LogP contribution in [0.2, 0.25) is 10.0 Å². The molecule has 10 heteroatoms. The smallest absolute Gasteiger partial charge is 0.256 e. The molecular weight excluding hydrogens is 493 g/mol. The van der Waals surface area contributed by atoms with Crippen molar-refractivity contribution >= 4 is 52.0 Å². The molecule has 2 aliphatic rings. The van der Waals surface area contributed by atoms with Gasteiger partial charge in [-0.25, -0.2) is 0 Å². The predicted molar refractivity (Wildman–Crippen MR) is 140 cm³/mol. The topological polar surface area (TPSA) is 78.5 Å². The fourth-order valence-corrected chi connectivity index (χ4v) is 4.79. The van der Waals surface area contributed by atoms with Crippen molar-refractivity contribution in [2.45, 2.75) is 31.8 Å². The first-order chi connectivity index (χ1) is 16.4. The number of likely N-dealkylation sites (tertiary alicyclic amines) is 1. The summed E-state index contributed by atoms with van der Waals surface area (Å²) in [6.07, 6.45) is 6.43. The number of amides is 1. The molecule has 1 amide bonds. The van der Waals surface area contributed by atoms with Crippen molar-refractivity contribution < 1.29 is 9.53 Å². The average molecular weight is 520 g/mol. The number of carbonyl (C=O) groups excluding carboxylic acids is 1.